The monoisotopic (exact) mass is 289 g/mol. The number of aromatic nitrogens is 1. The van der Waals surface area contributed by atoms with Crippen molar-refractivity contribution in [3.05, 3.63) is 59.7 Å². The summed E-state index contributed by atoms with van der Waals surface area (Å²) in [6.45, 7) is 1.72. The fourth-order valence-corrected chi connectivity index (χ4v) is 2.10. The van der Waals surface area contributed by atoms with Crippen molar-refractivity contribution in [3.63, 3.8) is 0 Å². The Morgan fingerprint density at radius 1 is 1.38 bits per heavy atom. The van der Waals surface area contributed by atoms with E-state index in [-0.39, 0.29) is 11.3 Å². The maximum absolute atomic E-state index is 13.9. The minimum absolute atomic E-state index is 0.155. The molecule has 0 bridgehead atoms. The molecule has 0 radical (unpaired) electrons. The van der Waals surface area contributed by atoms with E-state index in [1.807, 2.05) is 30.3 Å². The number of benzene rings is 1. The molecular formula is C15H16FN3O2. The van der Waals surface area contributed by atoms with Gasteiger partial charge in [0.25, 0.3) is 5.91 Å². The Bertz CT molecular complexity index is 634. The number of anilines is 1. The number of rotatable bonds is 5. The second-order valence-corrected chi connectivity index (χ2v) is 4.77. The maximum Gasteiger partial charge on any atom is 0.252 e. The number of amides is 1. The molecule has 3 N–H and O–H groups in total. The lowest BCUT2D eigenvalue weighted by Gasteiger charge is -2.26. The number of carbonyl (C=O) groups excluding carboxylic acids is 1. The Labute approximate surface area is 121 Å². The zero-order chi connectivity index (χ0) is 15.4. The van der Waals surface area contributed by atoms with Gasteiger partial charge in [0.2, 0.25) is 0 Å². The van der Waals surface area contributed by atoms with Crippen LogP contribution in [0.5, 0.6) is 0 Å². The lowest BCUT2D eigenvalue weighted by molar-refractivity contribution is 0.0997. The van der Waals surface area contributed by atoms with Crippen molar-refractivity contribution in [2.24, 2.45) is 5.73 Å². The number of halogens is 1. The predicted octanol–water partition coefficient (Wildman–Crippen LogP) is 2.15. The van der Waals surface area contributed by atoms with E-state index in [9.17, 15) is 14.4 Å². The summed E-state index contributed by atoms with van der Waals surface area (Å²) in [4.78, 5) is 14.9. The van der Waals surface area contributed by atoms with Gasteiger partial charge in [-0.25, -0.2) is 4.39 Å². The average Bonchev–Trinajstić information content (AvgIpc) is 2.47. The van der Waals surface area contributed by atoms with Crippen molar-refractivity contribution in [3.8, 4) is 0 Å². The summed E-state index contributed by atoms with van der Waals surface area (Å²) < 4.78 is 13.9. The maximum atomic E-state index is 13.9. The molecule has 2 rings (SSSR count). The van der Waals surface area contributed by atoms with Gasteiger partial charge in [0.1, 0.15) is 5.69 Å². The number of hydrogen-bond donors (Lipinski definition) is 2. The van der Waals surface area contributed by atoms with E-state index in [4.69, 9.17) is 5.73 Å². The van der Waals surface area contributed by atoms with Gasteiger partial charge in [-0.2, -0.15) is 0 Å². The SMILES string of the molecule is CC(Cc1ccccc1)N(O)c1c(F)cncc1C(N)=O. The average molecular weight is 289 g/mol. The standard InChI is InChI=1S/C15H16FN3O2/c1-10(7-11-5-3-2-4-6-11)19(21)14-12(15(17)20)8-18-9-13(14)16/h2-6,8-10,21H,7H2,1H3,(H2,17,20). The summed E-state index contributed by atoms with van der Waals surface area (Å²) in [7, 11) is 0. The first kappa shape index (κ1) is 14.9. The Morgan fingerprint density at radius 2 is 2.05 bits per heavy atom. The molecule has 1 heterocycles. The van der Waals surface area contributed by atoms with Crippen LogP contribution >= 0.6 is 0 Å². The third kappa shape index (κ3) is 3.35. The van der Waals surface area contributed by atoms with Crippen LogP contribution in [0.3, 0.4) is 0 Å². The van der Waals surface area contributed by atoms with Crippen molar-refractivity contribution in [2.45, 2.75) is 19.4 Å². The van der Waals surface area contributed by atoms with Crippen molar-refractivity contribution in [2.75, 3.05) is 5.06 Å². The van der Waals surface area contributed by atoms with Gasteiger partial charge in [0, 0.05) is 6.20 Å². The summed E-state index contributed by atoms with van der Waals surface area (Å²) in [6, 6.07) is 9.02. The summed E-state index contributed by atoms with van der Waals surface area (Å²) in [6.07, 6.45) is 2.55. The van der Waals surface area contributed by atoms with Crippen LogP contribution in [0, 0.1) is 5.82 Å². The summed E-state index contributed by atoms with van der Waals surface area (Å²) in [5.41, 5.74) is 5.77. The molecule has 0 aliphatic heterocycles. The molecule has 0 aliphatic carbocycles. The van der Waals surface area contributed by atoms with Gasteiger partial charge in [-0.1, -0.05) is 30.3 Å². The highest BCUT2D eigenvalue weighted by atomic mass is 19.1. The highest BCUT2D eigenvalue weighted by Crippen LogP contribution is 2.24. The third-order valence-corrected chi connectivity index (χ3v) is 3.16. The van der Waals surface area contributed by atoms with Crippen molar-refractivity contribution >= 4 is 11.6 Å². The molecule has 0 saturated heterocycles. The molecule has 0 aliphatic rings. The molecule has 1 aromatic carbocycles. The van der Waals surface area contributed by atoms with Gasteiger partial charge < -0.3 is 5.73 Å². The van der Waals surface area contributed by atoms with Gasteiger partial charge in [-0.05, 0) is 18.9 Å². The van der Waals surface area contributed by atoms with E-state index in [0.29, 0.717) is 6.42 Å². The number of nitrogens with two attached hydrogens (primary N) is 1. The number of hydrogen-bond acceptors (Lipinski definition) is 4. The van der Waals surface area contributed by atoms with E-state index in [0.717, 1.165) is 23.0 Å². The number of primary amides is 1. The van der Waals surface area contributed by atoms with Crippen LogP contribution in [0.4, 0.5) is 10.1 Å². The summed E-state index contributed by atoms with van der Waals surface area (Å²) >= 11 is 0. The molecule has 21 heavy (non-hydrogen) atoms. The van der Waals surface area contributed by atoms with Crippen LogP contribution < -0.4 is 10.8 Å². The van der Waals surface area contributed by atoms with Gasteiger partial charge in [0.05, 0.1) is 17.8 Å². The van der Waals surface area contributed by atoms with E-state index >= 15 is 0 Å². The smallest absolute Gasteiger partial charge is 0.252 e. The van der Waals surface area contributed by atoms with Crippen LogP contribution in [0.2, 0.25) is 0 Å². The molecule has 0 saturated carbocycles. The Hall–Kier alpha value is -2.47. The highest BCUT2D eigenvalue weighted by molar-refractivity contribution is 5.98. The fourth-order valence-electron chi connectivity index (χ4n) is 2.10. The van der Waals surface area contributed by atoms with Gasteiger partial charge in [-0.3, -0.25) is 20.0 Å². The quantitative estimate of drug-likeness (QED) is 0.827. The number of nitrogens with zero attached hydrogens (tertiary/aromatic N) is 2. The first-order valence-corrected chi connectivity index (χ1v) is 6.46. The summed E-state index contributed by atoms with van der Waals surface area (Å²) in [5, 5.41) is 10.9. The first-order chi connectivity index (χ1) is 10.0. The normalized spacial score (nSPS) is 12.0. The molecule has 1 unspecified atom stereocenters. The van der Waals surface area contributed by atoms with Crippen LogP contribution in [0.1, 0.15) is 22.8 Å². The summed E-state index contributed by atoms with van der Waals surface area (Å²) in [5.74, 6) is -1.64. The minimum atomic E-state index is -0.844. The van der Waals surface area contributed by atoms with Gasteiger partial charge >= 0.3 is 0 Å². The Balaban J connectivity index is 2.27. The van der Waals surface area contributed by atoms with Crippen LogP contribution in [0.25, 0.3) is 0 Å². The molecular weight excluding hydrogens is 273 g/mol. The molecule has 5 nitrogen and oxygen atoms in total. The van der Waals surface area contributed by atoms with Crippen molar-refractivity contribution in [1.29, 1.82) is 0 Å². The predicted molar refractivity (Wildman–Crippen MR) is 76.6 cm³/mol. The van der Waals surface area contributed by atoms with Crippen molar-refractivity contribution in [1.82, 2.24) is 4.98 Å². The largest absolute Gasteiger partial charge is 0.365 e. The van der Waals surface area contributed by atoms with Gasteiger partial charge in [-0.15, -0.1) is 0 Å². The zero-order valence-electron chi connectivity index (χ0n) is 11.5. The van der Waals surface area contributed by atoms with Gasteiger partial charge in [0.15, 0.2) is 5.82 Å². The number of carbonyl (C=O) groups is 1. The van der Waals surface area contributed by atoms with Crippen LogP contribution in [-0.2, 0) is 6.42 Å². The zero-order valence-corrected chi connectivity index (χ0v) is 11.5. The number of hydroxylamine groups is 1. The lowest BCUT2D eigenvalue weighted by Crippen LogP contribution is -2.34. The highest BCUT2D eigenvalue weighted by Gasteiger charge is 2.22. The Kier molecular flexibility index (Phi) is 4.49. The molecule has 110 valence electrons. The van der Waals surface area contributed by atoms with Crippen molar-refractivity contribution < 1.29 is 14.4 Å². The second-order valence-electron chi connectivity index (χ2n) is 4.77. The minimum Gasteiger partial charge on any atom is -0.365 e. The van der Waals surface area contributed by atoms with Crippen LogP contribution in [0.15, 0.2) is 42.7 Å². The number of pyridine rings is 1. The second kappa shape index (κ2) is 6.32. The molecule has 2 aromatic rings. The molecule has 0 fully saturated rings. The molecule has 1 amide bonds. The van der Waals surface area contributed by atoms with E-state index < -0.39 is 17.8 Å². The molecule has 1 aromatic heterocycles. The Morgan fingerprint density at radius 3 is 2.67 bits per heavy atom. The molecule has 1 atom stereocenters. The third-order valence-electron chi connectivity index (χ3n) is 3.16. The van der Waals surface area contributed by atoms with E-state index in [1.54, 1.807) is 6.92 Å². The fraction of sp³-hybridized carbons (Fsp3) is 0.200. The topological polar surface area (TPSA) is 79.4 Å². The lowest BCUT2D eigenvalue weighted by atomic mass is 10.1. The molecule has 0 spiro atoms. The van der Waals surface area contributed by atoms with E-state index in [2.05, 4.69) is 4.98 Å². The van der Waals surface area contributed by atoms with E-state index in [1.165, 1.54) is 0 Å². The van der Waals surface area contributed by atoms with Crippen LogP contribution in [-0.4, -0.2) is 22.1 Å². The molecule has 6 heteroatoms. The first-order valence-electron chi connectivity index (χ1n) is 6.46.